The third-order valence-corrected chi connectivity index (χ3v) is 4.68. The number of esters is 1. The molecule has 5 rings (SSSR count). The number of carbonyl (C=O) groups is 1. The van der Waals surface area contributed by atoms with E-state index in [1.54, 1.807) is 24.3 Å². The summed E-state index contributed by atoms with van der Waals surface area (Å²) in [5, 5.41) is 19.7. The van der Waals surface area contributed by atoms with Crippen LogP contribution in [0, 0.1) is 0 Å². The highest BCUT2D eigenvalue weighted by atomic mass is 32.1. The van der Waals surface area contributed by atoms with Crippen LogP contribution in [0.1, 0.15) is 27.0 Å². The van der Waals surface area contributed by atoms with Crippen LogP contribution in [0.5, 0.6) is 23.0 Å². The minimum absolute atomic E-state index is 0.000000000000000222. The summed E-state index contributed by atoms with van der Waals surface area (Å²) in [5.74, 6) is 0.408. The van der Waals surface area contributed by atoms with E-state index in [2.05, 4.69) is 23.7 Å². The molecule has 29 heavy (non-hydrogen) atoms. The number of ether oxygens (including phenoxy) is 2. The van der Waals surface area contributed by atoms with Crippen LogP contribution in [0.25, 0.3) is 0 Å². The maximum atomic E-state index is 12.5. The number of thiocarbonyl (C=S) groups is 1. The predicted octanol–water partition coefficient (Wildman–Crippen LogP) is 2.85. The van der Waals surface area contributed by atoms with Crippen LogP contribution in [0.3, 0.4) is 0 Å². The van der Waals surface area contributed by atoms with Gasteiger partial charge in [0.2, 0.25) is 0 Å². The first-order valence-corrected chi connectivity index (χ1v) is 8.96. The fraction of sp³-hybridized carbons (Fsp3) is 0.0476. The van der Waals surface area contributed by atoms with Gasteiger partial charge in [0.15, 0.2) is 10.7 Å². The Kier molecular flexibility index (Phi) is 4.28. The molecule has 7 nitrogen and oxygen atoms in total. The van der Waals surface area contributed by atoms with E-state index >= 15 is 0 Å². The number of hydrogen-bond acceptors (Lipinski definition) is 6. The van der Waals surface area contributed by atoms with Crippen molar-refractivity contribution in [2.45, 2.75) is 5.60 Å². The molecule has 0 aromatic heterocycles. The number of nitrogens with two attached hydrogens (primary N) is 2. The van der Waals surface area contributed by atoms with Crippen LogP contribution in [0.15, 0.2) is 60.7 Å². The molecule has 0 amide bonds. The number of carbonyl (C=O) groups excluding carboxylic acids is 1. The van der Waals surface area contributed by atoms with Gasteiger partial charge in [-0.3, -0.25) is 0 Å². The standard InChI is InChI=1S/C20H12O5.CH4N2S/c21-11-5-7-15-17(9-11)24-18-10-12(22)6-8-16(18)20(15)14-4-2-1-3-13(14)19(23)25-20;2-1(3)4/h1-10,21-22H;(H4,2,3,4). The molecule has 8 heteroatoms. The summed E-state index contributed by atoms with van der Waals surface area (Å²) >= 11 is 4.09. The third-order valence-electron chi connectivity index (χ3n) is 4.68. The number of benzene rings is 3. The van der Waals surface area contributed by atoms with E-state index in [1.165, 1.54) is 24.3 Å². The lowest BCUT2D eigenvalue weighted by atomic mass is 9.77. The zero-order valence-electron chi connectivity index (χ0n) is 15.0. The van der Waals surface area contributed by atoms with Crippen molar-refractivity contribution in [3.63, 3.8) is 0 Å². The van der Waals surface area contributed by atoms with Crippen molar-refractivity contribution in [2.24, 2.45) is 11.5 Å². The van der Waals surface area contributed by atoms with Crippen molar-refractivity contribution in [2.75, 3.05) is 0 Å². The van der Waals surface area contributed by atoms with Gasteiger partial charge in [-0.25, -0.2) is 4.79 Å². The fourth-order valence-electron chi connectivity index (χ4n) is 3.65. The number of fused-ring (bicyclic) bond motifs is 6. The first kappa shape index (κ1) is 18.6. The monoisotopic (exact) mass is 408 g/mol. The van der Waals surface area contributed by atoms with E-state index in [0.29, 0.717) is 33.8 Å². The molecule has 6 N–H and O–H groups in total. The van der Waals surface area contributed by atoms with Crippen molar-refractivity contribution >= 4 is 23.3 Å². The van der Waals surface area contributed by atoms with Gasteiger partial charge < -0.3 is 31.2 Å². The molecule has 1 spiro atoms. The molecule has 0 aliphatic carbocycles. The Bertz CT molecular complexity index is 1110. The smallest absolute Gasteiger partial charge is 0.340 e. The molecule has 0 atom stereocenters. The van der Waals surface area contributed by atoms with Crippen molar-refractivity contribution in [1.82, 2.24) is 0 Å². The summed E-state index contributed by atoms with van der Waals surface area (Å²) in [6.45, 7) is 0. The lowest BCUT2D eigenvalue weighted by Gasteiger charge is -2.36. The SMILES string of the molecule is NC(N)=S.O=C1OC2(c3ccc(O)cc3Oc3cc(O)ccc32)c2ccccc21. The van der Waals surface area contributed by atoms with Crippen molar-refractivity contribution in [3.8, 4) is 23.0 Å². The molecule has 3 aromatic carbocycles. The lowest BCUT2D eigenvalue weighted by Crippen LogP contribution is -2.32. The zero-order chi connectivity index (χ0) is 20.8. The van der Waals surface area contributed by atoms with Gasteiger partial charge in [-0.15, -0.1) is 0 Å². The van der Waals surface area contributed by atoms with Gasteiger partial charge in [-0.2, -0.15) is 0 Å². The summed E-state index contributed by atoms with van der Waals surface area (Å²) in [6.07, 6.45) is 0. The summed E-state index contributed by atoms with van der Waals surface area (Å²) in [4.78, 5) is 12.5. The van der Waals surface area contributed by atoms with Gasteiger partial charge in [-0.1, -0.05) is 18.2 Å². The molecule has 146 valence electrons. The number of hydrogen-bond donors (Lipinski definition) is 4. The van der Waals surface area contributed by atoms with Crippen molar-refractivity contribution < 1.29 is 24.5 Å². The molecule has 2 aliphatic rings. The van der Waals surface area contributed by atoms with Crippen LogP contribution < -0.4 is 16.2 Å². The second kappa shape index (κ2) is 6.68. The van der Waals surface area contributed by atoms with Gasteiger partial charge in [0.1, 0.15) is 23.0 Å². The molecule has 0 saturated carbocycles. The van der Waals surface area contributed by atoms with Gasteiger partial charge >= 0.3 is 5.97 Å². The lowest BCUT2D eigenvalue weighted by molar-refractivity contribution is 0.0224. The van der Waals surface area contributed by atoms with Crippen LogP contribution in [-0.2, 0) is 10.3 Å². The second-order valence-corrected chi connectivity index (χ2v) is 6.95. The first-order valence-electron chi connectivity index (χ1n) is 8.55. The maximum absolute atomic E-state index is 12.5. The van der Waals surface area contributed by atoms with E-state index < -0.39 is 11.6 Å². The Morgan fingerprint density at radius 1 is 0.862 bits per heavy atom. The molecule has 0 bridgehead atoms. The molecule has 2 heterocycles. The quantitative estimate of drug-likeness (QED) is 0.330. The predicted molar refractivity (Wildman–Crippen MR) is 109 cm³/mol. The van der Waals surface area contributed by atoms with Gasteiger partial charge in [-0.05, 0) is 42.5 Å². The maximum Gasteiger partial charge on any atom is 0.340 e. The Balaban J connectivity index is 0.000000472. The Morgan fingerprint density at radius 3 is 1.93 bits per heavy atom. The number of rotatable bonds is 0. The molecule has 0 saturated heterocycles. The zero-order valence-corrected chi connectivity index (χ0v) is 15.8. The van der Waals surface area contributed by atoms with E-state index in [9.17, 15) is 15.0 Å². The van der Waals surface area contributed by atoms with E-state index in [1.807, 2.05) is 12.1 Å². The average Bonchev–Trinajstić information content (AvgIpc) is 2.95. The van der Waals surface area contributed by atoms with Gasteiger partial charge in [0.25, 0.3) is 0 Å². The summed E-state index contributed by atoms with van der Waals surface area (Å²) in [5.41, 5.74) is 10.5. The third kappa shape index (κ3) is 2.90. The Labute approximate surface area is 171 Å². The molecule has 0 unspecified atom stereocenters. The highest BCUT2D eigenvalue weighted by Crippen LogP contribution is 2.56. The van der Waals surface area contributed by atoms with Crippen LogP contribution in [-0.4, -0.2) is 21.3 Å². The number of phenols is 2. The fourth-order valence-corrected chi connectivity index (χ4v) is 3.65. The summed E-state index contributed by atoms with van der Waals surface area (Å²) in [6, 6.07) is 16.6. The van der Waals surface area contributed by atoms with E-state index in [0.717, 1.165) is 0 Å². The largest absolute Gasteiger partial charge is 0.508 e. The van der Waals surface area contributed by atoms with Crippen LogP contribution in [0.2, 0.25) is 0 Å². The van der Waals surface area contributed by atoms with Crippen LogP contribution >= 0.6 is 12.2 Å². The van der Waals surface area contributed by atoms with Crippen molar-refractivity contribution in [1.29, 1.82) is 0 Å². The van der Waals surface area contributed by atoms with Crippen LogP contribution in [0.4, 0.5) is 0 Å². The first-order chi connectivity index (χ1) is 13.8. The normalized spacial score (nSPS) is 14.4. The molecular weight excluding hydrogens is 392 g/mol. The topological polar surface area (TPSA) is 128 Å². The number of phenolic OH excluding ortho intramolecular Hbond substituents is 2. The summed E-state index contributed by atoms with van der Waals surface area (Å²) < 4.78 is 11.8. The minimum atomic E-state index is -1.17. The van der Waals surface area contributed by atoms with E-state index in [4.69, 9.17) is 9.47 Å². The second-order valence-electron chi connectivity index (χ2n) is 6.48. The highest BCUT2D eigenvalue weighted by Gasteiger charge is 2.53. The Hall–Kier alpha value is -3.78. The Morgan fingerprint density at radius 2 is 1.38 bits per heavy atom. The molecule has 0 fully saturated rings. The van der Waals surface area contributed by atoms with Gasteiger partial charge in [0.05, 0.1) is 5.56 Å². The molecule has 0 radical (unpaired) electrons. The molecule has 3 aromatic rings. The van der Waals surface area contributed by atoms with Gasteiger partial charge in [0, 0.05) is 28.8 Å². The summed E-state index contributed by atoms with van der Waals surface area (Å²) in [7, 11) is 0. The molecule has 2 aliphatic heterocycles. The van der Waals surface area contributed by atoms with E-state index in [-0.39, 0.29) is 16.6 Å². The molecular formula is C21H16N2O5S. The minimum Gasteiger partial charge on any atom is -0.508 e. The van der Waals surface area contributed by atoms with Crippen molar-refractivity contribution in [3.05, 3.63) is 82.9 Å². The highest BCUT2D eigenvalue weighted by molar-refractivity contribution is 7.80. The number of aromatic hydroxyl groups is 2. The average molecular weight is 408 g/mol.